The van der Waals surface area contributed by atoms with Crippen LogP contribution in [0.5, 0.6) is 0 Å². The Bertz CT molecular complexity index is 1440. The summed E-state index contributed by atoms with van der Waals surface area (Å²) in [5.41, 5.74) is 3.65. The maximum absolute atomic E-state index is 10.4. The summed E-state index contributed by atoms with van der Waals surface area (Å²) in [6.45, 7) is 7.41. The summed E-state index contributed by atoms with van der Waals surface area (Å²) < 4.78 is 12.2. The number of para-hydroxylation sites is 1. The van der Waals surface area contributed by atoms with E-state index in [-0.39, 0.29) is 0 Å². The van der Waals surface area contributed by atoms with Gasteiger partial charge >= 0.3 is 7.48 Å². The molecule has 0 aliphatic heterocycles. The minimum absolute atomic E-state index is 0.434. The molecular weight excluding hydrogens is 395 g/mol. The predicted octanol–water partition coefficient (Wildman–Crippen LogP) is 5.95. The molecule has 0 bridgehead atoms. The first-order valence-corrected chi connectivity index (χ1v) is 11.0. The van der Waals surface area contributed by atoms with Crippen molar-refractivity contribution in [2.75, 3.05) is 0 Å². The third-order valence-corrected chi connectivity index (χ3v) is 6.76. The first kappa shape index (κ1) is 20.8. The standard InChI is InChI=1S/C28H27BO3/c1-27(2,30)28(3,4)32-29-24-15-14-19(20-9-5-6-10-21(20)24)18-13-16-26-23(17-18)22-11-7-8-12-25(22)31-26/h5-17,29-30H,1-4H3. The van der Waals surface area contributed by atoms with Crippen molar-refractivity contribution in [2.45, 2.75) is 38.9 Å². The van der Waals surface area contributed by atoms with Crippen molar-refractivity contribution < 1.29 is 14.2 Å². The van der Waals surface area contributed by atoms with Crippen LogP contribution in [0.3, 0.4) is 0 Å². The van der Waals surface area contributed by atoms with Crippen LogP contribution in [0.25, 0.3) is 43.8 Å². The molecular formula is C28H27BO3. The minimum atomic E-state index is -0.939. The summed E-state index contributed by atoms with van der Waals surface area (Å²) in [4.78, 5) is 0. The molecule has 0 saturated heterocycles. The van der Waals surface area contributed by atoms with Crippen molar-refractivity contribution in [3.8, 4) is 11.1 Å². The molecule has 4 heteroatoms. The van der Waals surface area contributed by atoms with Crippen molar-refractivity contribution in [3.63, 3.8) is 0 Å². The molecule has 0 saturated carbocycles. The van der Waals surface area contributed by atoms with E-state index in [1.165, 1.54) is 10.9 Å². The second kappa shape index (κ2) is 7.51. The first-order chi connectivity index (χ1) is 15.2. The number of furan rings is 1. The molecule has 1 heterocycles. The quantitative estimate of drug-likeness (QED) is 0.356. The Morgan fingerprint density at radius 1 is 0.719 bits per heavy atom. The van der Waals surface area contributed by atoms with E-state index >= 15 is 0 Å². The fraction of sp³-hybridized carbons (Fsp3) is 0.214. The highest BCUT2D eigenvalue weighted by molar-refractivity contribution is 6.51. The third-order valence-electron chi connectivity index (χ3n) is 6.76. The van der Waals surface area contributed by atoms with E-state index in [1.807, 2.05) is 32.0 Å². The molecule has 1 aromatic heterocycles. The largest absolute Gasteiger partial charge is 0.456 e. The van der Waals surface area contributed by atoms with Gasteiger partial charge in [0.05, 0.1) is 11.2 Å². The maximum atomic E-state index is 10.4. The van der Waals surface area contributed by atoms with Crippen LogP contribution in [0.1, 0.15) is 27.7 Å². The fourth-order valence-electron chi connectivity index (χ4n) is 4.07. The van der Waals surface area contributed by atoms with Gasteiger partial charge in [-0.05, 0) is 73.3 Å². The van der Waals surface area contributed by atoms with Gasteiger partial charge in [-0.2, -0.15) is 0 Å². The lowest BCUT2D eigenvalue weighted by atomic mass is 9.79. The highest BCUT2D eigenvalue weighted by Crippen LogP contribution is 2.34. The van der Waals surface area contributed by atoms with Crippen molar-refractivity contribution in [2.24, 2.45) is 0 Å². The van der Waals surface area contributed by atoms with Crippen LogP contribution in [0, 0.1) is 0 Å². The minimum Gasteiger partial charge on any atom is -0.456 e. The van der Waals surface area contributed by atoms with Crippen LogP contribution in [0.15, 0.2) is 83.3 Å². The summed E-state index contributed by atoms with van der Waals surface area (Å²) in [6, 6.07) is 27.3. The van der Waals surface area contributed by atoms with E-state index in [2.05, 4.69) is 60.7 Å². The van der Waals surface area contributed by atoms with E-state index in [9.17, 15) is 5.11 Å². The summed E-state index contributed by atoms with van der Waals surface area (Å²) in [7, 11) is 0.434. The maximum Gasteiger partial charge on any atom is 0.310 e. The number of hydrogen-bond acceptors (Lipinski definition) is 3. The van der Waals surface area contributed by atoms with Crippen LogP contribution >= 0.6 is 0 Å². The zero-order valence-electron chi connectivity index (χ0n) is 19.0. The molecule has 4 aromatic carbocycles. The van der Waals surface area contributed by atoms with E-state index in [4.69, 9.17) is 9.07 Å². The Hall–Kier alpha value is -3.08. The normalized spacial score (nSPS) is 12.7. The van der Waals surface area contributed by atoms with E-state index < -0.39 is 11.2 Å². The van der Waals surface area contributed by atoms with Gasteiger partial charge in [0.15, 0.2) is 0 Å². The Labute approximate surface area is 188 Å². The van der Waals surface area contributed by atoms with Crippen molar-refractivity contribution in [3.05, 3.63) is 78.9 Å². The van der Waals surface area contributed by atoms with Crippen molar-refractivity contribution in [1.82, 2.24) is 0 Å². The lowest BCUT2D eigenvalue weighted by Gasteiger charge is -2.37. The average molecular weight is 422 g/mol. The predicted molar refractivity (Wildman–Crippen MR) is 135 cm³/mol. The molecule has 32 heavy (non-hydrogen) atoms. The second-order valence-corrected chi connectivity index (χ2v) is 9.48. The van der Waals surface area contributed by atoms with Crippen LogP contribution in [-0.2, 0) is 4.65 Å². The molecule has 0 amide bonds. The van der Waals surface area contributed by atoms with Gasteiger partial charge in [-0.25, -0.2) is 0 Å². The topological polar surface area (TPSA) is 42.6 Å². The summed E-state index contributed by atoms with van der Waals surface area (Å²) in [5, 5.41) is 15.0. The van der Waals surface area contributed by atoms with Gasteiger partial charge in [0.25, 0.3) is 0 Å². The van der Waals surface area contributed by atoms with Crippen LogP contribution in [-0.4, -0.2) is 23.8 Å². The smallest absolute Gasteiger partial charge is 0.310 e. The molecule has 5 aromatic rings. The second-order valence-electron chi connectivity index (χ2n) is 9.48. The van der Waals surface area contributed by atoms with Crippen LogP contribution in [0.2, 0.25) is 0 Å². The lowest BCUT2D eigenvalue weighted by Crippen LogP contribution is -2.49. The summed E-state index contributed by atoms with van der Waals surface area (Å²) in [5.74, 6) is 0. The van der Waals surface area contributed by atoms with E-state index in [1.54, 1.807) is 13.8 Å². The SMILES string of the molecule is CC(C)(O)C(C)(C)OBc1ccc(-c2ccc3oc4ccccc4c3c2)c2ccccc12. The Morgan fingerprint density at radius 2 is 1.38 bits per heavy atom. The first-order valence-electron chi connectivity index (χ1n) is 11.0. The number of rotatable bonds is 5. The van der Waals surface area contributed by atoms with Crippen molar-refractivity contribution in [1.29, 1.82) is 0 Å². The number of aliphatic hydroxyl groups is 1. The van der Waals surface area contributed by atoms with Crippen molar-refractivity contribution >= 4 is 45.7 Å². The Balaban J connectivity index is 1.59. The monoisotopic (exact) mass is 422 g/mol. The molecule has 0 radical (unpaired) electrons. The fourth-order valence-corrected chi connectivity index (χ4v) is 4.07. The van der Waals surface area contributed by atoms with Crippen LogP contribution < -0.4 is 5.46 Å². The van der Waals surface area contributed by atoms with Gasteiger partial charge < -0.3 is 14.2 Å². The lowest BCUT2D eigenvalue weighted by molar-refractivity contribution is -0.0893. The van der Waals surface area contributed by atoms with E-state index in [0.717, 1.165) is 38.4 Å². The van der Waals surface area contributed by atoms with Gasteiger partial charge in [0.2, 0.25) is 0 Å². The molecule has 0 aliphatic carbocycles. The summed E-state index contributed by atoms with van der Waals surface area (Å²) in [6.07, 6.45) is 0. The molecule has 160 valence electrons. The summed E-state index contributed by atoms with van der Waals surface area (Å²) >= 11 is 0. The zero-order valence-corrected chi connectivity index (χ0v) is 19.0. The highest BCUT2D eigenvalue weighted by Gasteiger charge is 2.35. The highest BCUT2D eigenvalue weighted by atomic mass is 16.5. The van der Waals surface area contributed by atoms with E-state index in [0.29, 0.717) is 7.48 Å². The van der Waals surface area contributed by atoms with Gasteiger partial charge in [0, 0.05) is 10.8 Å². The number of benzene rings is 4. The Morgan fingerprint density at radius 3 is 2.12 bits per heavy atom. The van der Waals surface area contributed by atoms with Gasteiger partial charge in [-0.1, -0.05) is 60.7 Å². The van der Waals surface area contributed by atoms with Gasteiger partial charge in [0.1, 0.15) is 11.2 Å². The Kier molecular flexibility index (Phi) is 4.88. The van der Waals surface area contributed by atoms with Gasteiger partial charge in [-0.3, -0.25) is 0 Å². The molecule has 0 spiro atoms. The molecule has 5 rings (SSSR count). The van der Waals surface area contributed by atoms with Gasteiger partial charge in [-0.15, -0.1) is 0 Å². The molecule has 1 N–H and O–H groups in total. The molecule has 0 unspecified atom stereocenters. The zero-order chi connectivity index (χ0) is 22.5. The number of fused-ring (bicyclic) bond motifs is 4. The average Bonchev–Trinajstić information content (AvgIpc) is 3.14. The third kappa shape index (κ3) is 3.50. The van der Waals surface area contributed by atoms with Crippen LogP contribution in [0.4, 0.5) is 0 Å². The molecule has 0 fully saturated rings. The molecule has 0 atom stereocenters. The molecule has 3 nitrogen and oxygen atoms in total. The number of hydrogen-bond donors (Lipinski definition) is 1. The molecule has 0 aliphatic rings.